The van der Waals surface area contributed by atoms with Gasteiger partial charge < -0.3 is 10.5 Å². The molecule has 1 atom stereocenters. The van der Waals surface area contributed by atoms with Crippen LogP contribution in [0.4, 0.5) is 0 Å². The van der Waals surface area contributed by atoms with Crippen LogP contribution < -0.4 is 10.5 Å². The highest BCUT2D eigenvalue weighted by atomic mass is 16.5. The second-order valence-corrected chi connectivity index (χ2v) is 4.86. The first kappa shape index (κ1) is 13.0. The van der Waals surface area contributed by atoms with Gasteiger partial charge in [-0.25, -0.2) is 0 Å². The van der Waals surface area contributed by atoms with Crippen molar-refractivity contribution in [2.75, 3.05) is 7.11 Å². The van der Waals surface area contributed by atoms with E-state index in [1.165, 1.54) is 16.7 Å². The van der Waals surface area contributed by atoms with Gasteiger partial charge in [0.2, 0.25) is 0 Å². The highest BCUT2D eigenvalue weighted by Crippen LogP contribution is 2.28. The van der Waals surface area contributed by atoms with Crippen LogP contribution in [0.3, 0.4) is 0 Å². The van der Waals surface area contributed by atoms with Crippen LogP contribution >= 0.6 is 0 Å². The second-order valence-electron chi connectivity index (χ2n) is 4.86. The van der Waals surface area contributed by atoms with Gasteiger partial charge in [-0.15, -0.1) is 0 Å². The topological polar surface area (TPSA) is 35.2 Å². The van der Waals surface area contributed by atoms with E-state index in [9.17, 15) is 0 Å². The number of rotatable bonds is 4. The predicted octanol–water partition coefficient (Wildman–Crippen LogP) is 3.02. The van der Waals surface area contributed by atoms with Crippen LogP contribution in [0.1, 0.15) is 43.4 Å². The molecule has 0 spiro atoms. The number of aryl methyl sites for hydroxylation is 1. The fourth-order valence-electron chi connectivity index (χ4n) is 2.06. The smallest absolute Gasteiger partial charge is 0.122 e. The third-order valence-electron chi connectivity index (χ3n) is 2.83. The van der Waals surface area contributed by atoms with Crippen molar-refractivity contribution in [3.8, 4) is 5.75 Å². The zero-order valence-electron chi connectivity index (χ0n) is 11.0. The van der Waals surface area contributed by atoms with Crippen molar-refractivity contribution in [2.45, 2.75) is 46.1 Å². The van der Waals surface area contributed by atoms with Gasteiger partial charge in [-0.2, -0.15) is 0 Å². The summed E-state index contributed by atoms with van der Waals surface area (Å²) in [4.78, 5) is 0. The molecule has 90 valence electrons. The minimum atomic E-state index is 0.164. The van der Waals surface area contributed by atoms with Gasteiger partial charge in [-0.05, 0) is 48.9 Å². The molecule has 0 aliphatic rings. The normalized spacial score (nSPS) is 12.9. The van der Waals surface area contributed by atoms with E-state index in [1.54, 1.807) is 7.11 Å². The van der Waals surface area contributed by atoms with Crippen molar-refractivity contribution in [1.29, 1.82) is 0 Å². The fourth-order valence-corrected chi connectivity index (χ4v) is 2.06. The van der Waals surface area contributed by atoms with E-state index in [0.29, 0.717) is 5.92 Å². The Morgan fingerprint density at radius 1 is 1.25 bits per heavy atom. The van der Waals surface area contributed by atoms with Gasteiger partial charge in [0.25, 0.3) is 0 Å². The zero-order chi connectivity index (χ0) is 12.3. The predicted molar refractivity (Wildman–Crippen MR) is 69.2 cm³/mol. The van der Waals surface area contributed by atoms with Crippen molar-refractivity contribution >= 4 is 0 Å². The lowest BCUT2D eigenvalue weighted by Gasteiger charge is -2.17. The monoisotopic (exact) mass is 221 g/mol. The molecule has 0 radical (unpaired) electrons. The maximum atomic E-state index is 5.86. The summed E-state index contributed by atoms with van der Waals surface area (Å²) in [6.45, 7) is 8.58. The Hall–Kier alpha value is -1.02. The standard InChI is InChI=1S/C14H23NO/c1-9(2)13-8-12(7-11(4)15)14(16-5)6-10(13)3/h6,8-9,11H,7,15H2,1-5H3. The molecule has 0 aliphatic heterocycles. The molecular weight excluding hydrogens is 198 g/mol. The van der Waals surface area contributed by atoms with Gasteiger partial charge in [0.05, 0.1) is 7.11 Å². The van der Waals surface area contributed by atoms with Crippen LogP contribution in [0.25, 0.3) is 0 Å². The summed E-state index contributed by atoms with van der Waals surface area (Å²) in [5.74, 6) is 1.50. The molecule has 0 fully saturated rings. The minimum absolute atomic E-state index is 0.164. The van der Waals surface area contributed by atoms with Crippen molar-refractivity contribution < 1.29 is 4.74 Å². The molecule has 2 heteroatoms. The van der Waals surface area contributed by atoms with E-state index in [-0.39, 0.29) is 6.04 Å². The third-order valence-corrected chi connectivity index (χ3v) is 2.83. The summed E-state index contributed by atoms with van der Waals surface area (Å²) in [5, 5.41) is 0. The summed E-state index contributed by atoms with van der Waals surface area (Å²) in [6.07, 6.45) is 0.864. The van der Waals surface area contributed by atoms with Crippen LogP contribution in [-0.4, -0.2) is 13.2 Å². The minimum Gasteiger partial charge on any atom is -0.496 e. The van der Waals surface area contributed by atoms with Crippen molar-refractivity contribution in [3.63, 3.8) is 0 Å². The Kier molecular flexibility index (Phi) is 4.36. The lowest BCUT2D eigenvalue weighted by Crippen LogP contribution is -2.18. The van der Waals surface area contributed by atoms with Gasteiger partial charge in [0.15, 0.2) is 0 Å². The fraction of sp³-hybridized carbons (Fsp3) is 0.571. The Balaban J connectivity index is 3.17. The van der Waals surface area contributed by atoms with Gasteiger partial charge in [-0.3, -0.25) is 0 Å². The van der Waals surface area contributed by atoms with Gasteiger partial charge in [0.1, 0.15) is 5.75 Å². The Morgan fingerprint density at radius 2 is 1.88 bits per heavy atom. The van der Waals surface area contributed by atoms with Crippen LogP contribution in [0.2, 0.25) is 0 Å². The number of hydrogen-bond donors (Lipinski definition) is 1. The van der Waals surface area contributed by atoms with Crippen LogP contribution in [0.5, 0.6) is 5.75 Å². The maximum absolute atomic E-state index is 5.86. The van der Waals surface area contributed by atoms with Gasteiger partial charge in [0, 0.05) is 6.04 Å². The van der Waals surface area contributed by atoms with E-state index >= 15 is 0 Å². The Bertz CT molecular complexity index is 356. The van der Waals surface area contributed by atoms with E-state index in [2.05, 4.69) is 32.9 Å². The molecule has 0 amide bonds. The lowest BCUT2D eigenvalue weighted by atomic mass is 9.93. The van der Waals surface area contributed by atoms with Gasteiger partial charge >= 0.3 is 0 Å². The SMILES string of the molecule is COc1cc(C)c(C(C)C)cc1CC(C)N. The van der Waals surface area contributed by atoms with Crippen molar-refractivity contribution in [3.05, 3.63) is 28.8 Å². The molecule has 1 aromatic rings. The number of ether oxygens (including phenoxy) is 1. The molecule has 0 saturated heterocycles. The molecule has 0 aromatic heterocycles. The van der Waals surface area contributed by atoms with E-state index in [0.717, 1.165) is 12.2 Å². The van der Waals surface area contributed by atoms with Crippen molar-refractivity contribution in [2.24, 2.45) is 5.73 Å². The third kappa shape index (κ3) is 2.99. The Morgan fingerprint density at radius 3 is 2.31 bits per heavy atom. The van der Waals surface area contributed by atoms with Crippen molar-refractivity contribution in [1.82, 2.24) is 0 Å². The molecule has 0 aliphatic carbocycles. The first-order chi connectivity index (χ1) is 7.45. The molecule has 2 N–H and O–H groups in total. The summed E-state index contributed by atoms with van der Waals surface area (Å²) in [6, 6.07) is 4.52. The molecule has 1 aromatic carbocycles. The quantitative estimate of drug-likeness (QED) is 0.848. The average Bonchev–Trinajstić information content (AvgIpc) is 2.18. The summed E-state index contributed by atoms with van der Waals surface area (Å²) < 4.78 is 5.41. The molecular formula is C14H23NO. The second kappa shape index (κ2) is 5.35. The molecule has 2 nitrogen and oxygen atoms in total. The highest BCUT2D eigenvalue weighted by molar-refractivity contribution is 5.43. The Labute approximate surface area is 98.8 Å². The van der Waals surface area contributed by atoms with E-state index < -0.39 is 0 Å². The number of methoxy groups -OCH3 is 1. The largest absolute Gasteiger partial charge is 0.496 e. The first-order valence-corrected chi connectivity index (χ1v) is 5.88. The average molecular weight is 221 g/mol. The van der Waals surface area contributed by atoms with E-state index in [1.807, 2.05) is 6.92 Å². The zero-order valence-corrected chi connectivity index (χ0v) is 11.0. The van der Waals surface area contributed by atoms with Crippen LogP contribution in [0.15, 0.2) is 12.1 Å². The molecule has 0 bridgehead atoms. The molecule has 1 unspecified atom stereocenters. The molecule has 1 rings (SSSR count). The van der Waals surface area contributed by atoms with Gasteiger partial charge in [-0.1, -0.05) is 19.9 Å². The molecule has 16 heavy (non-hydrogen) atoms. The number of nitrogens with two attached hydrogens (primary N) is 1. The lowest BCUT2D eigenvalue weighted by molar-refractivity contribution is 0.407. The first-order valence-electron chi connectivity index (χ1n) is 5.88. The molecule has 0 saturated carbocycles. The number of benzene rings is 1. The highest BCUT2D eigenvalue weighted by Gasteiger charge is 2.11. The maximum Gasteiger partial charge on any atom is 0.122 e. The summed E-state index contributed by atoms with van der Waals surface area (Å²) in [7, 11) is 1.72. The number of hydrogen-bond acceptors (Lipinski definition) is 2. The molecule has 0 heterocycles. The van der Waals surface area contributed by atoms with Crippen LogP contribution in [-0.2, 0) is 6.42 Å². The van der Waals surface area contributed by atoms with E-state index in [4.69, 9.17) is 10.5 Å². The van der Waals surface area contributed by atoms with Crippen LogP contribution in [0, 0.1) is 6.92 Å². The summed E-state index contributed by atoms with van der Waals surface area (Å²) in [5.41, 5.74) is 9.75. The summed E-state index contributed by atoms with van der Waals surface area (Å²) >= 11 is 0.